The van der Waals surface area contributed by atoms with Gasteiger partial charge < -0.3 is 4.90 Å². The maximum Gasteiger partial charge on any atom is 0.233 e. The van der Waals surface area contributed by atoms with Crippen LogP contribution < -0.4 is 0 Å². The Hall–Kier alpha value is -1.38. The summed E-state index contributed by atoms with van der Waals surface area (Å²) in [5.74, 6) is 0.000481. The van der Waals surface area contributed by atoms with Crippen LogP contribution in [0.2, 0.25) is 0 Å². The van der Waals surface area contributed by atoms with Crippen LogP contribution in [0.4, 0.5) is 4.39 Å². The van der Waals surface area contributed by atoms with Gasteiger partial charge in [-0.15, -0.1) is 0 Å². The summed E-state index contributed by atoms with van der Waals surface area (Å²) < 4.78 is 13.6. The maximum atomic E-state index is 13.6. The summed E-state index contributed by atoms with van der Waals surface area (Å²) in [5, 5.41) is 0. The third-order valence-electron chi connectivity index (χ3n) is 4.89. The highest BCUT2D eigenvalue weighted by molar-refractivity contribution is 5.88. The first-order valence-electron chi connectivity index (χ1n) is 7.78. The Morgan fingerprint density at radius 3 is 2.40 bits per heavy atom. The molecule has 1 aromatic carbocycles. The van der Waals surface area contributed by atoms with Gasteiger partial charge in [-0.25, -0.2) is 4.39 Å². The molecule has 1 saturated carbocycles. The minimum absolute atomic E-state index is 0.236. The summed E-state index contributed by atoms with van der Waals surface area (Å²) in [7, 11) is 0. The number of halogens is 1. The monoisotopic (exact) mass is 275 g/mol. The molecule has 0 N–H and O–H groups in total. The van der Waals surface area contributed by atoms with Crippen LogP contribution in [0.25, 0.3) is 0 Å². The average Bonchev–Trinajstić information content (AvgIpc) is 2.98. The molecule has 108 valence electrons. The predicted molar refractivity (Wildman–Crippen MR) is 77.0 cm³/mol. The van der Waals surface area contributed by atoms with E-state index in [1.807, 2.05) is 11.0 Å². The molecule has 1 heterocycles. The molecule has 0 spiro atoms. The summed E-state index contributed by atoms with van der Waals surface area (Å²) in [5.41, 5.74) is 0.421. The molecule has 3 rings (SSSR count). The number of amides is 1. The number of benzene rings is 1. The third-order valence-corrected chi connectivity index (χ3v) is 4.89. The molecule has 1 aliphatic heterocycles. The molecule has 1 amide bonds. The molecule has 0 atom stereocenters. The number of piperidine rings is 1. The zero-order valence-electron chi connectivity index (χ0n) is 11.9. The first-order chi connectivity index (χ1) is 9.72. The van der Waals surface area contributed by atoms with Crippen LogP contribution in [-0.4, -0.2) is 23.9 Å². The number of hydrogen-bond acceptors (Lipinski definition) is 1. The van der Waals surface area contributed by atoms with Crippen molar-refractivity contribution in [1.29, 1.82) is 0 Å². The zero-order valence-corrected chi connectivity index (χ0v) is 11.9. The van der Waals surface area contributed by atoms with Gasteiger partial charge in [0.2, 0.25) is 5.91 Å². The number of rotatable bonds is 2. The standard InChI is InChI=1S/C17H22FNO/c18-15-8-6-7-14(13-15)17(9-2-3-10-17)16(20)19-11-4-1-5-12-19/h6-8,13H,1-5,9-12H2. The molecule has 0 bridgehead atoms. The molecule has 0 radical (unpaired) electrons. The van der Waals surface area contributed by atoms with Crippen molar-refractivity contribution in [2.45, 2.75) is 50.4 Å². The highest BCUT2D eigenvalue weighted by atomic mass is 19.1. The van der Waals surface area contributed by atoms with Crippen molar-refractivity contribution in [2.24, 2.45) is 0 Å². The fraction of sp³-hybridized carbons (Fsp3) is 0.588. The Kier molecular flexibility index (Phi) is 3.77. The van der Waals surface area contributed by atoms with Crippen LogP contribution in [0.15, 0.2) is 24.3 Å². The minimum Gasteiger partial charge on any atom is -0.342 e. The number of carbonyl (C=O) groups is 1. The smallest absolute Gasteiger partial charge is 0.233 e. The molecule has 2 nitrogen and oxygen atoms in total. The van der Waals surface area contributed by atoms with Gasteiger partial charge in [0.25, 0.3) is 0 Å². The molecule has 3 heteroatoms. The average molecular weight is 275 g/mol. The van der Waals surface area contributed by atoms with Crippen molar-refractivity contribution in [2.75, 3.05) is 13.1 Å². The van der Waals surface area contributed by atoms with Crippen LogP contribution in [0.5, 0.6) is 0 Å². The van der Waals surface area contributed by atoms with Gasteiger partial charge in [-0.05, 0) is 49.8 Å². The van der Waals surface area contributed by atoms with Gasteiger partial charge in [0.05, 0.1) is 5.41 Å². The first kappa shape index (κ1) is 13.6. The highest BCUT2D eigenvalue weighted by Gasteiger charge is 2.45. The first-order valence-corrected chi connectivity index (χ1v) is 7.78. The number of likely N-dealkylation sites (tertiary alicyclic amines) is 1. The molecule has 2 fully saturated rings. The molecule has 2 aliphatic rings. The fourth-order valence-electron chi connectivity index (χ4n) is 3.79. The van der Waals surface area contributed by atoms with Crippen molar-refractivity contribution in [3.8, 4) is 0 Å². The summed E-state index contributed by atoms with van der Waals surface area (Å²) in [4.78, 5) is 15.1. The summed E-state index contributed by atoms with van der Waals surface area (Å²) in [6, 6.07) is 6.68. The lowest BCUT2D eigenvalue weighted by Gasteiger charge is -2.36. The molecular weight excluding hydrogens is 253 g/mol. The van der Waals surface area contributed by atoms with E-state index in [0.29, 0.717) is 0 Å². The van der Waals surface area contributed by atoms with Gasteiger partial charge in [-0.1, -0.05) is 25.0 Å². The lowest BCUT2D eigenvalue weighted by atomic mass is 9.77. The molecule has 1 saturated heterocycles. The van der Waals surface area contributed by atoms with Gasteiger partial charge in [0, 0.05) is 13.1 Å². The summed E-state index contributed by atoms with van der Waals surface area (Å²) in [6.07, 6.45) is 7.29. The van der Waals surface area contributed by atoms with E-state index < -0.39 is 5.41 Å². The van der Waals surface area contributed by atoms with E-state index in [1.54, 1.807) is 12.1 Å². The molecule has 0 unspecified atom stereocenters. The third kappa shape index (κ3) is 2.34. The van der Waals surface area contributed by atoms with Crippen LogP contribution in [0.1, 0.15) is 50.5 Å². The Morgan fingerprint density at radius 2 is 1.75 bits per heavy atom. The van der Waals surface area contributed by atoms with Crippen molar-refractivity contribution < 1.29 is 9.18 Å². The SMILES string of the molecule is O=C(N1CCCCC1)C1(c2cccc(F)c2)CCCC1. The summed E-state index contributed by atoms with van der Waals surface area (Å²) >= 11 is 0. The number of hydrogen-bond donors (Lipinski definition) is 0. The maximum absolute atomic E-state index is 13.6. The topological polar surface area (TPSA) is 20.3 Å². The minimum atomic E-state index is -0.459. The Bertz CT molecular complexity index is 488. The van der Waals surface area contributed by atoms with E-state index in [1.165, 1.54) is 12.5 Å². The van der Waals surface area contributed by atoms with E-state index >= 15 is 0 Å². The van der Waals surface area contributed by atoms with E-state index in [2.05, 4.69) is 0 Å². The van der Waals surface area contributed by atoms with Crippen molar-refractivity contribution in [3.63, 3.8) is 0 Å². The van der Waals surface area contributed by atoms with E-state index in [4.69, 9.17) is 0 Å². The fourth-order valence-corrected chi connectivity index (χ4v) is 3.79. The molecular formula is C17H22FNO. The lowest BCUT2D eigenvalue weighted by Crippen LogP contribution is -2.47. The normalized spacial score (nSPS) is 21.9. The predicted octanol–water partition coefficient (Wildman–Crippen LogP) is 3.65. The van der Waals surface area contributed by atoms with E-state index in [0.717, 1.165) is 57.2 Å². The largest absolute Gasteiger partial charge is 0.342 e. The Balaban J connectivity index is 1.93. The van der Waals surface area contributed by atoms with Crippen LogP contribution in [0.3, 0.4) is 0 Å². The van der Waals surface area contributed by atoms with Gasteiger partial charge in [0.1, 0.15) is 5.82 Å². The lowest BCUT2D eigenvalue weighted by molar-refractivity contribution is -0.138. The van der Waals surface area contributed by atoms with Gasteiger partial charge in [-0.2, -0.15) is 0 Å². The van der Waals surface area contributed by atoms with Crippen molar-refractivity contribution in [1.82, 2.24) is 4.90 Å². The van der Waals surface area contributed by atoms with Crippen LogP contribution in [-0.2, 0) is 10.2 Å². The van der Waals surface area contributed by atoms with Crippen molar-refractivity contribution in [3.05, 3.63) is 35.6 Å². The Labute approximate surface area is 120 Å². The van der Waals surface area contributed by atoms with Crippen LogP contribution in [0, 0.1) is 5.82 Å². The van der Waals surface area contributed by atoms with Crippen molar-refractivity contribution >= 4 is 5.91 Å². The second-order valence-corrected chi connectivity index (χ2v) is 6.15. The number of nitrogens with zero attached hydrogens (tertiary/aromatic N) is 1. The molecule has 1 aliphatic carbocycles. The zero-order chi connectivity index (χ0) is 14.0. The van der Waals surface area contributed by atoms with Gasteiger partial charge in [-0.3, -0.25) is 4.79 Å². The molecule has 1 aromatic rings. The quantitative estimate of drug-likeness (QED) is 0.806. The molecule has 0 aromatic heterocycles. The Morgan fingerprint density at radius 1 is 1.05 bits per heavy atom. The van der Waals surface area contributed by atoms with Gasteiger partial charge in [0.15, 0.2) is 0 Å². The summed E-state index contributed by atoms with van der Waals surface area (Å²) in [6.45, 7) is 1.74. The molecule has 20 heavy (non-hydrogen) atoms. The van der Waals surface area contributed by atoms with Crippen LogP contribution >= 0.6 is 0 Å². The highest BCUT2D eigenvalue weighted by Crippen LogP contribution is 2.43. The number of carbonyl (C=O) groups excluding carboxylic acids is 1. The van der Waals surface area contributed by atoms with E-state index in [-0.39, 0.29) is 11.7 Å². The second kappa shape index (κ2) is 5.55. The second-order valence-electron chi connectivity index (χ2n) is 6.15. The van der Waals surface area contributed by atoms with E-state index in [9.17, 15) is 9.18 Å². The van der Waals surface area contributed by atoms with Gasteiger partial charge >= 0.3 is 0 Å².